The van der Waals surface area contributed by atoms with Gasteiger partial charge in [0.15, 0.2) is 9.84 Å². The zero-order chi connectivity index (χ0) is 15.2. The van der Waals surface area contributed by atoms with E-state index < -0.39 is 9.84 Å². The topological polar surface area (TPSA) is 75.3 Å². The Morgan fingerprint density at radius 1 is 1.25 bits per heavy atom. The lowest BCUT2D eigenvalue weighted by Gasteiger charge is -2.14. The zero-order valence-corrected chi connectivity index (χ0v) is 13.0. The van der Waals surface area contributed by atoms with Crippen LogP contribution in [0.3, 0.4) is 0 Å². The van der Waals surface area contributed by atoms with Crippen LogP contribution in [0, 0.1) is 0 Å². The van der Waals surface area contributed by atoms with Gasteiger partial charge < -0.3 is 10.6 Å². The molecule has 0 aliphatic heterocycles. The Morgan fingerprint density at radius 3 is 2.35 bits per heavy atom. The summed E-state index contributed by atoms with van der Waals surface area (Å²) in [5.74, 6) is -0.0226. The first kappa shape index (κ1) is 16.7. The molecule has 0 spiro atoms. The molecule has 0 aliphatic carbocycles. The summed E-state index contributed by atoms with van der Waals surface area (Å²) in [6, 6.07) is 6.44. The third-order valence-electron chi connectivity index (χ3n) is 2.96. The Morgan fingerprint density at radius 2 is 1.85 bits per heavy atom. The summed E-state index contributed by atoms with van der Waals surface area (Å²) in [4.78, 5) is 12.0. The maximum atomic E-state index is 11.7. The molecule has 20 heavy (non-hydrogen) atoms. The fourth-order valence-corrected chi connectivity index (χ4v) is 2.41. The molecule has 0 saturated heterocycles. The van der Waals surface area contributed by atoms with Crippen molar-refractivity contribution in [2.45, 2.75) is 31.2 Å². The third kappa shape index (κ3) is 5.30. The quantitative estimate of drug-likeness (QED) is 0.743. The molecule has 0 fully saturated rings. The van der Waals surface area contributed by atoms with E-state index in [1.807, 2.05) is 13.8 Å². The molecule has 2 N–H and O–H groups in total. The van der Waals surface area contributed by atoms with Crippen molar-refractivity contribution in [3.05, 3.63) is 29.8 Å². The summed E-state index contributed by atoms with van der Waals surface area (Å²) >= 11 is 0. The van der Waals surface area contributed by atoms with E-state index in [0.717, 1.165) is 12.1 Å². The summed E-state index contributed by atoms with van der Waals surface area (Å²) in [7, 11) is -3.18. The molecular weight excluding hydrogens is 276 g/mol. The Balaban J connectivity index is 2.60. The van der Waals surface area contributed by atoms with Gasteiger partial charge in [0.05, 0.1) is 10.9 Å². The molecule has 0 radical (unpaired) electrons. The molecule has 0 bridgehead atoms. The Hall–Kier alpha value is -1.40. The van der Waals surface area contributed by atoms with Gasteiger partial charge in [-0.15, -0.1) is 0 Å². The smallest absolute Gasteiger partial charge is 0.221 e. The normalized spacial score (nSPS) is 12.9. The highest BCUT2D eigenvalue weighted by molar-refractivity contribution is 7.90. The van der Waals surface area contributed by atoms with Gasteiger partial charge in [-0.05, 0) is 31.2 Å². The highest BCUT2D eigenvalue weighted by atomic mass is 32.2. The van der Waals surface area contributed by atoms with Crippen molar-refractivity contribution in [2.24, 2.45) is 0 Å². The van der Waals surface area contributed by atoms with Gasteiger partial charge in [0.1, 0.15) is 0 Å². The largest absolute Gasteiger partial charge is 0.350 e. The second-order valence-corrected chi connectivity index (χ2v) is 6.75. The van der Waals surface area contributed by atoms with Gasteiger partial charge in [-0.3, -0.25) is 4.79 Å². The molecule has 1 amide bonds. The van der Waals surface area contributed by atoms with Gasteiger partial charge in [-0.25, -0.2) is 8.42 Å². The highest BCUT2D eigenvalue weighted by Gasteiger charge is 2.11. The molecule has 0 aromatic heterocycles. The van der Waals surface area contributed by atoms with Crippen LogP contribution >= 0.6 is 0 Å². The molecule has 6 heteroatoms. The Labute approximate surface area is 120 Å². The van der Waals surface area contributed by atoms with Gasteiger partial charge in [0, 0.05) is 19.2 Å². The van der Waals surface area contributed by atoms with Crippen molar-refractivity contribution in [3.63, 3.8) is 0 Å². The number of hydrogen-bond donors (Lipinski definition) is 2. The fourth-order valence-electron chi connectivity index (χ4n) is 1.78. The molecular formula is C14H22N2O3S. The minimum atomic E-state index is -3.18. The van der Waals surface area contributed by atoms with Gasteiger partial charge in [0.2, 0.25) is 5.91 Å². The van der Waals surface area contributed by atoms with Crippen LogP contribution in [0.2, 0.25) is 0 Å². The van der Waals surface area contributed by atoms with Crippen LogP contribution in [0.15, 0.2) is 29.2 Å². The molecule has 0 saturated carbocycles. The maximum absolute atomic E-state index is 11.7. The molecule has 1 atom stereocenters. The summed E-state index contributed by atoms with van der Waals surface area (Å²) in [6.45, 7) is 5.36. The van der Waals surface area contributed by atoms with E-state index in [0.29, 0.717) is 13.0 Å². The molecule has 1 rings (SSSR count). The second kappa shape index (κ2) is 7.40. The van der Waals surface area contributed by atoms with Crippen LogP contribution in [-0.2, 0) is 14.6 Å². The number of benzene rings is 1. The Kier molecular flexibility index (Phi) is 6.16. The summed E-state index contributed by atoms with van der Waals surface area (Å²) in [5.41, 5.74) is 0.884. The van der Waals surface area contributed by atoms with E-state index in [2.05, 4.69) is 10.6 Å². The third-order valence-corrected chi connectivity index (χ3v) is 4.09. The molecule has 5 nitrogen and oxygen atoms in total. The van der Waals surface area contributed by atoms with E-state index in [1.165, 1.54) is 6.26 Å². The van der Waals surface area contributed by atoms with E-state index >= 15 is 0 Å². The molecule has 0 heterocycles. The van der Waals surface area contributed by atoms with E-state index in [4.69, 9.17) is 0 Å². The first-order chi connectivity index (χ1) is 9.34. The first-order valence-electron chi connectivity index (χ1n) is 6.64. The number of sulfone groups is 1. The predicted octanol–water partition coefficient (Wildman–Crippen LogP) is 1.27. The number of amides is 1. The van der Waals surface area contributed by atoms with Crippen molar-refractivity contribution in [1.29, 1.82) is 0 Å². The standard InChI is InChI=1S/C14H22N2O3S/c1-4-15-10-9-14(17)16-11(2)12-5-7-13(8-6-12)20(3,18)19/h5-8,11,15H,4,9-10H2,1-3H3,(H,16,17). The minimum absolute atomic E-state index is 0.0226. The molecule has 1 aromatic rings. The van der Waals surface area contributed by atoms with Gasteiger partial charge in [-0.2, -0.15) is 0 Å². The number of nitrogens with one attached hydrogen (secondary N) is 2. The van der Waals surface area contributed by atoms with Gasteiger partial charge in [0.25, 0.3) is 0 Å². The van der Waals surface area contributed by atoms with Crippen molar-refractivity contribution in [1.82, 2.24) is 10.6 Å². The first-order valence-corrected chi connectivity index (χ1v) is 8.54. The zero-order valence-electron chi connectivity index (χ0n) is 12.1. The van der Waals surface area contributed by atoms with E-state index in [9.17, 15) is 13.2 Å². The lowest BCUT2D eigenvalue weighted by atomic mass is 10.1. The van der Waals surface area contributed by atoms with Crippen LogP contribution in [-0.4, -0.2) is 33.7 Å². The SMILES string of the molecule is CCNCCC(=O)NC(C)c1ccc(S(C)(=O)=O)cc1. The highest BCUT2D eigenvalue weighted by Crippen LogP contribution is 2.16. The fraction of sp³-hybridized carbons (Fsp3) is 0.500. The number of carbonyl (C=O) groups excluding carboxylic acids is 1. The lowest BCUT2D eigenvalue weighted by molar-refractivity contribution is -0.121. The van der Waals surface area contributed by atoms with Gasteiger partial charge >= 0.3 is 0 Å². The lowest BCUT2D eigenvalue weighted by Crippen LogP contribution is -2.29. The van der Waals surface area contributed by atoms with Crippen LogP contribution < -0.4 is 10.6 Å². The molecule has 0 aliphatic rings. The van der Waals surface area contributed by atoms with Crippen molar-refractivity contribution >= 4 is 15.7 Å². The monoisotopic (exact) mass is 298 g/mol. The van der Waals surface area contributed by atoms with E-state index in [-0.39, 0.29) is 16.8 Å². The predicted molar refractivity (Wildman–Crippen MR) is 79.3 cm³/mol. The van der Waals surface area contributed by atoms with E-state index in [1.54, 1.807) is 24.3 Å². The minimum Gasteiger partial charge on any atom is -0.350 e. The maximum Gasteiger partial charge on any atom is 0.221 e. The average molecular weight is 298 g/mol. The molecule has 1 aromatic carbocycles. The molecule has 1 unspecified atom stereocenters. The van der Waals surface area contributed by atoms with Crippen LogP contribution in [0.1, 0.15) is 31.9 Å². The van der Waals surface area contributed by atoms with Crippen LogP contribution in [0.5, 0.6) is 0 Å². The Bertz CT molecular complexity index is 538. The van der Waals surface area contributed by atoms with Crippen LogP contribution in [0.4, 0.5) is 0 Å². The summed E-state index contributed by atoms with van der Waals surface area (Å²) in [6.07, 6.45) is 1.60. The number of rotatable bonds is 7. The van der Waals surface area contributed by atoms with Crippen LogP contribution in [0.25, 0.3) is 0 Å². The van der Waals surface area contributed by atoms with Crippen molar-refractivity contribution < 1.29 is 13.2 Å². The number of carbonyl (C=O) groups is 1. The second-order valence-electron chi connectivity index (χ2n) is 4.73. The van der Waals surface area contributed by atoms with Crippen molar-refractivity contribution in [2.75, 3.05) is 19.3 Å². The number of hydrogen-bond acceptors (Lipinski definition) is 4. The van der Waals surface area contributed by atoms with Gasteiger partial charge in [-0.1, -0.05) is 19.1 Å². The average Bonchev–Trinajstić information content (AvgIpc) is 2.38. The summed E-state index contributed by atoms with van der Waals surface area (Å²) in [5, 5.41) is 5.97. The summed E-state index contributed by atoms with van der Waals surface area (Å²) < 4.78 is 22.7. The van der Waals surface area contributed by atoms with Crippen molar-refractivity contribution in [3.8, 4) is 0 Å². The molecule has 112 valence electrons.